The van der Waals surface area contributed by atoms with Crippen molar-refractivity contribution in [3.63, 3.8) is 0 Å². The van der Waals surface area contributed by atoms with Crippen LogP contribution in [0.2, 0.25) is 0 Å². The van der Waals surface area contributed by atoms with Crippen molar-refractivity contribution in [3.05, 3.63) is 39.7 Å². The van der Waals surface area contributed by atoms with Gasteiger partial charge in [0.15, 0.2) is 0 Å². The predicted octanol–water partition coefficient (Wildman–Crippen LogP) is 1.42. The zero-order chi connectivity index (χ0) is 15.1. The Morgan fingerprint density at radius 3 is 2.75 bits per heavy atom. The smallest absolute Gasteiger partial charge is 0.307 e. The van der Waals surface area contributed by atoms with Crippen molar-refractivity contribution in [2.24, 2.45) is 0 Å². The number of nitrogens with zero attached hydrogens (tertiary/aromatic N) is 1. The van der Waals surface area contributed by atoms with Gasteiger partial charge in [0.2, 0.25) is 0 Å². The quantitative estimate of drug-likeness (QED) is 0.484. The van der Waals surface area contributed by atoms with Crippen LogP contribution in [0.4, 0.5) is 10.1 Å². The lowest BCUT2D eigenvalue weighted by Gasteiger charge is -2.05. The van der Waals surface area contributed by atoms with Gasteiger partial charge < -0.3 is 10.1 Å². The van der Waals surface area contributed by atoms with Crippen molar-refractivity contribution >= 4 is 17.6 Å². The van der Waals surface area contributed by atoms with Crippen LogP contribution in [0.3, 0.4) is 0 Å². The molecule has 0 heterocycles. The molecule has 1 aromatic rings. The Morgan fingerprint density at radius 1 is 1.45 bits per heavy atom. The molecule has 0 atom stereocenters. The third-order valence-electron chi connectivity index (χ3n) is 2.32. The zero-order valence-electron chi connectivity index (χ0n) is 10.7. The van der Waals surface area contributed by atoms with Gasteiger partial charge in [-0.25, -0.2) is 4.39 Å². The molecule has 0 fully saturated rings. The molecule has 1 amide bonds. The van der Waals surface area contributed by atoms with E-state index in [0.717, 1.165) is 12.1 Å². The van der Waals surface area contributed by atoms with Gasteiger partial charge in [-0.1, -0.05) is 0 Å². The Hall–Kier alpha value is -2.51. The maximum atomic E-state index is 12.9. The molecular formula is C12H13FN2O5. The number of amides is 1. The number of benzene rings is 1. The van der Waals surface area contributed by atoms with Crippen molar-refractivity contribution in [1.29, 1.82) is 0 Å². The topological polar surface area (TPSA) is 98.5 Å². The predicted molar refractivity (Wildman–Crippen MR) is 66.6 cm³/mol. The number of carbonyl (C=O) groups is 2. The lowest BCUT2D eigenvalue weighted by atomic mass is 10.1. The number of nitro groups is 1. The zero-order valence-corrected chi connectivity index (χ0v) is 10.7. The second-order valence-corrected chi connectivity index (χ2v) is 3.73. The molecule has 1 rings (SSSR count). The average molecular weight is 284 g/mol. The van der Waals surface area contributed by atoms with Gasteiger partial charge >= 0.3 is 5.97 Å². The summed E-state index contributed by atoms with van der Waals surface area (Å²) in [5.74, 6) is -2.04. The monoisotopic (exact) mass is 284 g/mol. The van der Waals surface area contributed by atoms with E-state index in [1.54, 1.807) is 6.92 Å². The highest BCUT2D eigenvalue weighted by Gasteiger charge is 2.20. The molecule has 0 aromatic heterocycles. The number of halogens is 1. The summed E-state index contributed by atoms with van der Waals surface area (Å²) in [5, 5.41) is 13.1. The minimum atomic E-state index is -0.844. The van der Waals surface area contributed by atoms with E-state index in [9.17, 15) is 24.1 Å². The van der Waals surface area contributed by atoms with Gasteiger partial charge in [-0.2, -0.15) is 0 Å². The molecule has 1 aromatic carbocycles. The van der Waals surface area contributed by atoms with Crippen LogP contribution in [0.1, 0.15) is 23.7 Å². The summed E-state index contributed by atoms with van der Waals surface area (Å²) in [6.45, 7) is 1.86. The van der Waals surface area contributed by atoms with Crippen molar-refractivity contribution in [1.82, 2.24) is 5.32 Å². The van der Waals surface area contributed by atoms with Gasteiger partial charge in [0.05, 0.1) is 24.0 Å². The van der Waals surface area contributed by atoms with Crippen molar-refractivity contribution in [2.45, 2.75) is 13.3 Å². The number of nitro benzene ring substituents is 1. The lowest BCUT2D eigenvalue weighted by Crippen LogP contribution is -2.27. The first-order chi connectivity index (χ1) is 9.45. The Morgan fingerprint density at radius 2 is 2.15 bits per heavy atom. The molecule has 0 saturated carbocycles. The number of esters is 1. The SMILES string of the molecule is CCOC(=O)CCNC(=O)c1ccc(F)cc1[N+](=O)[O-]. The van der Waals surface area contributed by atoms with Gasteiger partial charge in [-0.05, 0) is 19.1 Å². The Balaban J connectivity index is 2.68. The van der Waals surface area contributed by atoms with Gasteiger partial charge in [0, 0.05) is 6.54 Å². The summed E-state index contributed by atoms with van der Waals surface area (Å²) >= 11 is 0. The molecule has 0 aliphatic carbocycles. The molecule has 1 N–H and O–H groups in total. The fourth-order valence-electron chi connectivity index (χ4n) is 1.45. The number of carbonyl (C=O) groups excluding carboxylic acids is 2. The van der Waals surface area contributed by atoms with Crippen LogP contribution < -0.4 is 5.32 Å². The van der Waals surface area contributed by atoms with E-state index < -0.39 is 28.3 Å². The molecule has 108 valence electrons. The first-order valence-electron chi connectivity index (χ1n) is 5.83. The first-order valence-corrected chi connectivity index (χ1v) is 5.83. The van der Waals surface area contributed by atoms with Crippen LogP contribution in [0.25, 0.3) is 0 Å². The summed E-state index contributed by atoms with van der Waals surface area (Å²) in [6, 6.07) is 2.64. The number of nitrogens with one attached hydrogen (secondary N) is 1. The normalized spacial score (nSPS) is 9.90. The van der Waals surface area contributed by atoms with Gasteiger partial charge in [-0.3, -0.25) is 19.7 Å². The van der Waals surface area contributed by atoms with E-state index >= 15 is 0 Å². The fraction of sp³-hybridized carbons (Fsp3) is 0.333. The molecule has 0 saturated heterocycles. The summed E-state index contributed by atoms with van der Waals surface area (Å²) in [7, 11) is 0. The molecule has 7 nitrogen and oxygen atoms in total. The molecule has 0 bridgehead atoms. The van der Waals surface area contributed by atoms with E-state index in [0.29, 0.717) is 6.07 Å². The molecule has 0 radical (unpaired) electrons. The second-order valence-electron chi connectivity index (χ2n) is 3.73. The summed E-state index contributed by atoms with van der Waals surface area (Å²) in [6.07, 6.45) is -0.0471. The number of hydrogen-bond donors (Lipinski definition) is 1. The van der Waals surface area contributed by atoms with Crippen molar-refractivity contribution in [2.75, 3.05) is 13.2 Å². The van der Waals surface area contributed by atoms with E-state index in [1.807, 2.05) is 0 Å². The van der Waals surface area contributed by atoms with Crippen LogP contribution in [0.5, 0.6) is 0 Å². The minimum absolute atomic E-state index is 0.0216. The number of hydrogen-bond acceptors (Lipinski definition) is 5. The van der Waals surface area contributed by atoms with E-state index in [1.165, 1.54) is 0 Å². The van der Waals surface area contributed by atoms with Crippen LogP contribution in [0, 0.1) is 15.9 Å². The van der Waals surface area contributed by atoms with Gasteiger partial charge in [0.1, 0.15) is 11.4 Å². The lowest BCUT2D eigenvalue weighted by molar-refractivity contribution is -0.385. The molecule has 0 aliphatic heterocycles. The third kappa shape index (κ3) is 4.30. The van der Waals surface area contributed by atoms with Gasteiger partial charge in [0.25, 0.3) is 11.6 Å². The van der Waals surface area contributed by atoms with Crippen LogP contribution >= 0.6 is 0 Å². The average Bonchev–Trinajstić information content (AvgIpc) is 2.38. The fourth-order valence-corrected chi connectivity index (χ4v) is 1.45. The van der Waals surface area contributed by atoms with E-state index in [4.69, 9.17) is 0 Å². The molecule has 0 unspecified atom stereocenters. The standard InChI is InChI=1S/C12H13FN2O5/c1-2-20-11(16)5-6-14-12(17)9-4-3-8(13)7-10(9)15(18)19/h3-4,7H,2,5-6H2,1H3,(H,14,17). The van der Waals surface area contributed by atoms with Crippen LogP contribution in [0.15, 0.2) is 18.2 Å². The van der Waals surface area contributed by atoms with Crippen molar-refractivity contribution < 1.29 is 23.6 Å². The molecule has 0 aliphatic rings. The molecular weight excluding hydrogens is 271 g/mol. The summed E-state index contributed by atoms with van der Waals surface area (Å²) < 4.78 is 17.6. The Labute approximate surface area is 113 Å². The van der Waals surface area contributed by atoms with Gasteiger partial charge in [-0.15, -0.1) is 0 Å². The summed E-state index contributed by atoms with van der Waals surface area (Å²) in [4.78, 5) is 32.7. The highest BCUT2D eigenvalue weighted by Crippen LogP contribution is 2.19. The van der Waals surface area contributed by atoms with Crippen molar-refractivity contribution in [3.8, 4) is 0 Å². The molecule has 8 heteroatoms. The Kier molecular flexibility index (Phi) is 5.57. The molecule has 0 spiro atoms. The highest BCUT2D eigenvalue weighted by molar-refractivity contribution is 5.98. The maximum Gasteiger partial charge on any atom is 0.307 e. The van der Waals surface area contributed by atoms with E-state index in [2.05, 4.69) is 10.1 Å². The maximum absolute atomic E-state index is 12.9. The number of rotatable bonds is 6. The summed E-state index contributed by atoms with van der Waals surface area (Å²) in [5.41, 5.74) is -0.890. The molecule has 20 heavy (non-hydrogen) atoms. The highest BCUT2D eigenvalue weighted by atomic mass is 19.1. The van der Waals surface area contributed by atoms with Crippen LogP contribution in [-0.4, -0.2) is 30.0 Å². The third-order valence-corrected chi connectivity index (χ3v) is 2.32. The Bertz CT molecular complexity index is 533. The first kappa shape index (κ1) is 15.5. The largest absolute Gasteiger partial charge is 0.466 e. The minimum Gasteiger partial charge on any atom is -0.466 e. The van der Waals surface area contributed by atoms with Crippen LogP contribution in [-0.2, 0) is 9.53 Å². The second kappa shape index (κ2) is 7.17. The number of ether oxygens (including phenoxy) is 1. The van der Waals surface area contributed by atoms with E-state index in [-0.39, 0.29) is 25.1 Å².